The molecule has 0 radical (unpaired) electrons. The minimum atomic E-state index is -1.47. The smallest absolute Gasteiger partial charge is 0.255 e. The molecule has 2 aromatic carbocycles. The number of hydrogen-bond donors (Lipinski definition) is 6. The maximum atomic E-state index is 14.0. The van der Waals surface area contributed by atoms with E-state index in [2.05, 4.69) is 31.7 Å². The maximum Gasteiger partial charge on any atom is 0.255 e. The first-order valence-electron chi connectivity index (χ1n) is 18.6. The molecule has 2 fully saturated rings. The standard InChI is InChI=1S/C39H50N8O7/c1-3-29-35(50)45-33(25(2)48)38(53)44-31(21-26-13-6-4-7-14-26)39(54)47-20-12-18-32(47)37(52)40-19-11-10-17-30(36(51)42-29)43-34(49)28-22-41-46(24-28)23-27-15-8-5-9-16-27/h4-9,13-16,22,24-25,29-33,48H,3,10-12,17-21,23H2,1-2H3,(H,40,52)(H,42,51)(H,43,49)(H,44,53)(H,45,50)/t25-,29+,30+,31-,32+,33+/m1/s1. The van der Waals surface area contributed by atoms with Gasteiger partial charge in [0.1, 0.15) is 30.2 Å². The summed E-state index contributed by atoms with van der Waals surface area (Å²) in [7, 11) is 0. The Kier molecular flexibility index (Phi) is 13.9. The Morgan fingerprint density at radius 3 is 2.22 bits per heavy atom. The fraction of sp³-hybridized carbons (Fsp3) is 0.462. The molecule has 5 rings (SSSR count). The van der Waals surface area contributed by atoms with Gasteiger partial charge in [0.15, 0.2) is 0 Å². The van der Waals surface area contributed by atoms with Crippen molar-refractivity contribution < 1.29 is 33.9 Å². The summed E-state index contributed by atoms with van der Waals surface area (Å²) in [6.45, 7) is 4.06. The summed E-state index contributed by atoms with van der Waals surface area (Å²) in [5.41, 5.74) is 2.01. The summed E-state index contributed by atoms with van der Waals surface area (Å²) < 4.78 is 1.62. The highest BCUT2D eigenvalue weighted by atomic mass is 16.3. The first-order chi connectivity index (χ1) is 26.0. The molecule has 54 heavy (non-hydrogen) atoms. The summed E-state index contributed by atoms with van der Waals surface area (Å²) in [5, 5.41) is 28.6. The monoisotopic (exact) mass is 742 g/mol. The van der Waals surface area contributed by atoms with Crippen LogP contribution in [0.2, 0.25) is 0 Å². The Hall–Kier alpha value is -5.57. The van der Waals surface area contributed by atoms with Crippen molar-refractivity contribution in [1.29, 1.82) is 0 Å². The summed E-state index contributed by atoms with van der Waals surface area (Å²) in [6.07, 6.45) is 4.03. The molecule has 0 aliphatic carbocycles. The Bertz CT molecular complexity index is 1770. The molecule has 288 valence electrons. The van der Waals surface area contributed by atoms with Gasteiger partial charge in [0.2, 0.25) is 29.5 Å². The average Bonchev–Trinajstić information content (AvgIpc) is 3.85. The van der Waals surface area contributed by atoms with Crippen LogP contribution in [0.25, 0.3) is 0 Å². The lowest BCUT2D eigenvalue weighted by Crippen LogP contribution is -2.61. The maximum absolute atomic E-state index is 14.0. The van der Waals surface area contributed by atoms with E-state index in [0.717, 1.165) is 11.1 Å². The van der Waals surface area contributed by atoms with Gasteiger partial charge in [0.25, 0.3) is 5.91 Å². The van der Waals surface area contributed by atoms with Gasteiger partial charge in [0, 0.05) is 25.7 Å². The average molecular weight is 743 g/mol. The number of aliphatic hydroxyl groups excluding tert-OH is 1. The number of aromatic nitrogens is 2. The predicted octanol–water partition coefficient (Wildman–Crippen LogP) is 0.809. The first-order valence-corrected chi connectivity index (χ1v) is 18.6. The summed E-state index contributed by atoms with van der Waals surface area (Å²) in [4.78, 5) is 83.3. The third kappa shape index (κ3) is 10.5. The molecule has 6 amide bonds. The minimum Gasteiger partial charge on any atom is -0.391 e. The van der Waals surface area contributed by atoms with E-state index in [4.69, 9.17) is 0 Å². The van der Waals surface area contributed by atoms with E-state index in [1.54, 1.807) is 17.8 Å². The van der Waals surface area contributed by atoms with Gasteiger partial charge < -0.3 is 36.6 Å². The van der Waals surface area contributed by atoms with Crippen LogP contribution in [0.15, 0.2) is 73.1 Å². The number of amides is 6. The van der Waals surface area contributed by atoms with E-state index in [-0.39, 0.29) is 37.3 Å². The highest BCUT2D eigenvalue weighted by Gasteiger charge is 2.39. The molecule has 0 spiro atoms. The van der Waals surface area contributed by atoms with Crippen molar-refractivity contribution in [2.45, 2.75) is 102 Å². The van der Waals surface area contributed by atoms with Gasteiger partial charge in [0.05, 0.1) is 24.4 Å². The molecule has 2 saturated heterocycles. The number of nitrogens with zero attached hydrogens (tertiary/aromatic N) is 3. The molecule has 15 heteroatoms. The summed E-state index contributed by atoms with van der Waals surface area (Å²) in [6, 6.07) is 13.2. The molecular weight excluding hydrogens is 692 g/mol. The molecule has 0 unspecified atom stereocenters. The SMILES string of the molecule is CC[C@@H]1NC(=O)[C@@H](NC(=O)c2cnn(Cc3ccccc3)c2)CCCCNC(=O)[C@@H]2CCCN2C(=O)[C@@H](Cc2ccccc2)NC(=O)[C@H]([C@@H](C)O)NC1=O. The number of hydrogen-bond acceptors (Lipinski definition) is 8. The number of aliphatic hydroxyl groups is 1. The van der Waals surface area contributed by atoms with Gasteiger partial charge in [-0.1, -0.05) is 67.6 Å². The highest BCUT2D eigenvalue weighted by Crippen LogP contribution is 2.20. The molecule has 0 saturated carbocycles. The molecule has 0 bridgehead atoms. The minimum absolute atomic E-state index is 0.116. The van der Waals surface area contributed by atoms with Crippen LogP contribution in [-0.2, 0) is 36.9 Å². The number of carbonyl (C=O) groups excluding carboxylic acids is 6. The summed E-state index contributed by atoms with van der Waals surface area (Å²) in [5.74, 6) is -3.43. The number of fused-ring (bicyclic) bond motifs is 1. The van der Waals surface area contributed by atoms with Crippen molar-refractivity contribution in [3.63, 3.8) is 0 Å². The van der Waals surface area contributed by atoms with Gasteiger partial charge in [-0.25, -0.2) is 0 Å². The van der Waals surface area contributed by atoms with Gasteiger partial charge in [-0.05, 0) is 56.6 Å². The second-order valence-electron chi connectivity index (χ2n) is 13.9. The quantitative estimate of drug-likeness (QED) is 0.195. The van der Waals surface area contributed by atoms with E-state index in [0.29, 0.717) is 38.8 Å². The number of rotatable bonds is 8. The van der Waals surface area contributed by atoms with Crippen molar-refractivity contribution in [3.8, 4) is 0 Å². The van der Waals surface area contributed by atoms with Gasteiger partial charge in [-0.15, -0.1) is 0 Å². The highest BCUT2D eigenvalue weighted by molar-refractivity contribution is 5.99. The van der Waals surface area contributed by atoms with Crippen LogP contribution < -0.4 is 26.6 Å². The largest absolute Gasteiger partial charge is 0.391 e. The van der Waals surface area contributed by atoms with Crippen molar-refractivity contribution in [1.82, 2.24) is 41.3 Å². The predicted molar refractivity (Wildman–Crippen MR) is 199 cm³/mol. The van der Waals surface area contributed by atoms with Crippen molar-refractivity contribution in [2.24, 2.45) is 0 Å². The van der Waals surface area contributed by atoms with Crippen molar-refractivity contribution in [2.75, 3.05) is 13.1 Å². The topological polar surface area (TPSA) is 204 Å². The zero-order valence-electron chi connectivity index (χ0n) is 30.7. The zero-order chi connectivity index (χ0) is 38.6. The second-order valence-corrected chi connectivity index (χ2v) is 13.9. The molecule has 6 N–H and O–H groups in total. The summed E-state index contributed by atoms with van der Waals surface area (Å²) >= 11 is 0. The first kappa shape index (κ1) is 39.6. The van der Waals surface area contributed by atoms with Gasteiger partial charge in [-0.3, -0.25) is 33.4 Å². The second kappa shape index (κ2) is 19.0. The molecule has 3 heterocycles. The van der Waals surface area contributed by atoms with E-state index >= 15 is 0 Å². The lowest BCUT2D eigenvalue weighted by Gasteiger charge is -2.30. The van der Waals surface area contributed by atoms with E-state index < -0.39 is 65.8 Å². The van der Waals surface area contributed by atoms with Crippen LogP contribution in [0.1, 0.15) is 73.9 Å². The molecular formula is C39H50N8O7. The number of carbonyl (C=O) groups is 6. The fourth-order valence-electron chi connectivity index (χ4n) is 6.75. The van der Waals surface area contributed by atoms with Crippen LogP contribution >= 0.6 is 0 Å². The van der Waals surface area contributed by atoms with Crippen LogP contribution in [0.4, 0.5) is 0 Å². The van der Waals surface area contributed by atoms with Crippen LogP contribution in [0.5, 0.6) is 0 Å². The third-order valence-corrected chi connectivity index (χ3v) is 9.76. The normalized spacial score (nSPS) is 24.1. The van der Waals surface area contributed by atoms with Crippen molar-refractivity contribution in [3.05, 3.63) is 89.7 Å². The van der Waals surface area contributed by atoms with Gasteiger partial charge >= 0.3 is 0 Å². The molecule has 1 aromatic heterocycles. The number of nitrogens with one attached hydrogen (secondary N) is 5. The molecule has 2 aliphatic rings. The van der Waals surface area contributed by atoms with E-state index in [9.17, 15) is 33.9 Å². The molecule has 6 atom stereocenters. The zero-order valence-corrected chi connectivity index (χ0v) is 30.7. The Labute approximate surface area is 314 Å². The Morgan fingerprint density at radius 2 is 1.54 bits per heavy atom. The Morgan fingerprint density at radius 1 is 0.852 bits per heavy atom. The van der Waals surface area contributed by atoms with E-state index in [1.165, 1.54) is 18.0 Å². The van der Waals surface area contributed by atoms with Crippen molar-refractivity contribution >= 4 is 35.4 Å². The molecule has 2 aliphatic heterocycles. The van der Waals surface area contributed by atoms with E-state index in [1.807, 2.05) is 60.7 Å². The van der Waals surface area contributed by atoms with Crippen LogP contribution in [-0.4, -0.2) is 105 Å². The van der Waals surface area contributed by atoms with Crippen LogP contribution in [0, 0.1) is 0 Å². The lowest BCUT2D eigenvalue weighted by atomic mass is 10.0. The molecule has 15 nitrogen and oxygen atoms in total. The molecule has 3 aromatic rings. The fourth-order valence-corrected chi connectivity index (χ4v) is 6.75. The number of benzene rings is 2. The Balaban J connectivity index is 1.36. The van der Waals surface area contributed by atoms with Crippen LogP contribution in [0.3, 0.4) is 0 Å². The third-order valence-electron chi connectivity index (χ3n) is 9.76. The van der Waals surface area contributed by atoms with Gasteiger partial charge in [-0.2, -0.15) is 5.10 Å². The lowest BCUT2D eigenvalue weighted by molar-refractivity contribution is -0.142.